The molecule has 0 aliphatic heterocycles. The lowest BCUT2D eigenvalue weighted by molar-refractivity contribution is -0.284. The Balaban J connectivity index is 2.61. The van der Waals surface area contributed by atoms with E-state index >= 15 is 0 Å². The second-order valence-corrected chi connectivity index (χ2v) is 4.99. The minimum atomic E-state index is -5.74. The molecule has 0 spiro atoms. The molecule has 0 fully saturated rings. The molecule has 0 bridgehead atoms. The third-order valence-electron chi connectivity index (χ3n) is 3.10. The fourth-order valence-corrected chi connectivity index (χ4v) is 1.76. The van der Waals surface area contributed by atoms with E-state index in [2.05, 4.69) is 4.74 Å². The molecule has 1 aromatic carbocycles. The first-order valence-corrected chi connectivity index (χ1v) is 7.06. The van der Waals surface area contributed by atoms with Crippen LogP contribution >= 0.6 is 0 Å². The normalized spacial score (nSPS) is 13.0. The molecule has 140 valence electrons. The zero-order valence-corrected chi connectivity index (χ0v) is 13.1. The van der Waals surface area contributed by atoms with Crippen molar-refractivity contribution >= 4 is 11.9 Å². The Morgan fingerprint density at radius 1 is 1.12 bits per heavy atom. The first kappa shape index (κ1) is 20.7. The third kappa shape index (κ3) is 6.55. The lowest BCUT2D eigenvalue weighted by Gasteiger charge is -2.22. The minimum absolute atomic E-state index is 0.343. The van der Waals surface area contributed by atoms with Gasteiger partial charge in [0, 0.05) is 6.42 Å². The van der Waals surface area contributed by atoms with E-state index in [4.69, 9.17) is 4.74 Å². The van der Waals surface area contributed by atoms with E-state index < -0.39 is 49.5 Å². The lowest BCUT2D eigenvalue weighted by Crippen LogP contribution is -2.45. The van der Waals surface area contributed by atoms with Crippen LogP contribution in [0.3, 0.4) is 0 Å². The molecule has 0 heterocycles. The number of carbonyl (C=O) groups is 2. The van der Waals surface area contributed by atoms with Crippen LogP contribution in [0.25, 0.3) is 0 Å². The number of halogens is 5. The minimum Gasteiger partial charge on any atom is -0.484 e. The summed E-state index contributed by atoms with van der Waals surface area (Å²) in [5, 5.41) is 2.02. The molecule has 0 aliphatic rings. The maximum Gasteiger partial charge on any atom is 0.453 e. The molecule has 1 amide bonds. The summed E-state index contributed by atoms with van der Waals surface area (Å²) >= 11 is 0. The van der Waals surface area contributed by atoms with Gasteiger partial charge in [-0.2, -0.15) is 22.0 Å². The quantitative estimate of drug-likeness (QED) is 0.565. The van der Waals surface area contributed by atoms with Gasteiger partial charge in [0.05, 0.1) is 7.11 Å². The summed E-state index contributed by atoms with van der Waals surface area (Å²) in [5.41, 5.74) is 0. The van der Waals surface area contributed by atoms with Crippen molar-refractivity contribution in [3.8, 4) is 5.75 Å². The van der Waals surface area contributed by atoms with Gasteiger partial charge in [0.1, 0.15) is 11.8 Å². The number of nitrogens with one attached hydrogen (secondary N) is 1. The van der Waals surface area contributed by atoms with Gasteiger partial charge < -0.3 is 14.8 Å². The molecular weight excluding hydrogens is 353 g/mol. The monoisotopic (exact) mass is 369 g/mol. The number of esters is 1. The molecule has 0 saturated heterocycles. The van der Waals surface area contributed by atoms with Crippen LogP contribution in [0.1, 0.15) is 12.8 Å². The van der Waals surface area contributed by atoms with Crippen molar-refractivity contribution < 1.29 is 41.0 Å². The summed E-state index contributed by atoms with van der Waals surface area (Å²) in [6, 6.07) is 6.45. The molecule has 25 heavy (non-hydrogen) atoms. The zero-order valence-electron chi connectivity index (χ0n) is 13.1. The first-order chi connectivity index (χ1) is 11.6. The van der Waals surface area contributed by atoms with Crippen molar-refractivity contribution in [1.82, 2.24) is 5.32 Å². The number of para-hydroxylation sites is 1. The van der Waals surface area contributed by atoms with E-state index in [0.29, 0.717) is 5.75 Å². The van der Waals surface area contributed by atoms with Crippen molar-refractivity contribution in [3.05, 3.63) is 30.3 Å². The number of hydrogen-bond acceptors (Lipinski definition) is 4. The largest absolute Gasteiger partial charge is 0.484 e. The average Bonchev–Trinajstić information content (AvgIpc) is 2.56. The number of alkyl halides is 5. The van der Waals surface area contributed by atoms with Crippen molar-refractivity contribution in [2.75, 3.05) is 13.7 Å². The van der Waals surface area contributed by atoms with Gasteiger partial charge in [-0.05, 0) is 18.6 Å². The number of benzene rings is 1. The molecular formula is C15H16F5NO4. The summed E-state index contributed by atoms with van der Waals surface area (Å²) in [4.78, 5) is 23.2. The molecule has 1 N–H and O–H groups in total. The van der Waals surface area contributed by atoms with Crippen LogP contribution in [0, 0.1) is 0 Å². The number of hydrogen-bond donors (Lipinski definition) is 1. The predicted molar refractivity (Wildman–Crippen MR) is 76.1 cm³/mol. The van der Waals surface area contributed by atoms with Gasteiger partial charge in [-0.25, -0.2) is 4.79 Å². The molecule has 1 aromatic rings. The highest BCUT2D eigenvalue weighted by atomic mass is 19.4. The summed E-state index contributed by atoms with van der Waals surface area (Å²) < 4.78 is 71.8. The Morgan fingerprint density at radius 3 is 2.24 bits per heavy atom. The van der Waals surface area contributed by atoms with Gasteiger partial charge in [-0.3, -0.25) is 4.79 Å². The van der Waals surface area contributed by atoms with Crippen LogP contribution in [0.15, 0.2) is 30.3 Å². The number of carbonyl (C=O) groups excluding carboxylic acids is 2. The summed E-state index contributed by atoms with van der Waals surface area (Å²) in [7, 11) is 0.920. The van der Waals surface area contributed by atoms with Crippen LogP contribution in [-0.2, 0) is 14.3 Å². The zero-order chi connectivity index (χ0) is 19.1. The maximum atomic E-state index is 13.0. The van der Waals surface area contributed by atoms with Gasteiger partial charge in [-0.15, -0.1) is 0 Å². The van der Waals surface area contributed by atoms with E-state index in [1.807, 2.05) is 5.32 Å². The van der Waals surface area contributed by atoms with Crippen molar-refractivity contribution in [1.29, 1.82) is 0 Å². The number of rotatable bonds is 8. The van der Waals surface area contributed by atoms with Crippen LogP contribution < -0.4 is 10.1 Å². The summed E-state index contributed by atoms with van der Waals surface area (Å²) in [6.45, 7) is -0.548. The highest BCUT2D eigenvalue weighted by molar-refractivity contribution is 5.85. The lowest BCUT2D eigenvalue weighted by atomic mass is 10.1. The number of methoxy groups -OCH3 is 1. The second kappa shape index (κ2) is 8.63. The Hall–Kier alpha value is -2.39. The summed E-state index contributed by atoms with van der Waals surface area (Å²) in [6.07, 6.45) is -8.36. The second-order valence-electron chi connectivity index (χ2n) is 4.99. The van der Waals surface area contributed by atoms with E-state index in [-0.39, 0.29) is 0 Å². The fourth-order valence-electron chi connectivity index (χ4n) is 1.76. The van der Waals surface area contributed by atoms with Crippen LogP contribution in [0.4, 0.5) is 22.0 Å². The smallest absolute Gasteiger partial charge is 0.453 e. The Bertz CT molecular complexity index is 577. The highest BCUT2D eigenvalue weighted by Crippen LogP contribution is 2.39. The van der Waals surface area contributed by atoms with Gasteiger partial charge in [0.2, 0.25) is 0 Å². The third-order valence-corrected chi connectivity index (χ3v) is 3.10. The van der Waals surface area contributed by atoms with Crippen molar-refractivity contribution in [2.24, 2.45) is 0 Å². The molecule has 1 atom stereocenters. The van der Waals surface area contributed by atoms with E-state index in [0.717, 1.165) is 7.11 Å². The van der Waals surface area contributed by atoms with E-state index in [1.165, 1.54) is 0 Å². The highest BCUT2D eigenvalue weighted by Gasteiger charge is 2.57. The molecule has 5 nitrogen and oxygen atoms in total. The SMILES string of the molecule is COC(=O)C(CCC(F)(F)C(F)(F)F)NC(=O)COc1ccccc1. The number of amides is 1. The standard InChI is InChI=1S/C15H16F5NO4/c1-24-13(23)11(7-8-14(16,17)15(18,19)20)21-12(22)9-25-10-5-3-2-4-6-10/h2-6,11H,7-9H2,1H3,(H,21,22). The van der Waals surface area contributed by atoms with E-state index in [1.54, 1.807) is 30.3 Å². The molecule has 0 radical (unpaired) electrons. The first-order valence-electron chi connectivity index (χ1n) is 7.06. The van der Waals surface area contributed by atoms with Gasteiger partial charge in [0.25, 0.3) is 5.91 Å². The Labute approximate surface area is 140 Å². The topological polar surface area (TPSA) is 64.6 Å². The van der Waals surface area contributed by atoms with Gasteiger partial charge >= 0.3 is 18.1 Å². The molecule has 0 aromatic heterocycles. The summed E-state index contributed by atoms with van der Waals surface area (Å²) in [5.74, 6) is -6.64. The average molecular weight is 369 g/mol. The Morgan fingerprint density at radius 2 is 1.72 bits per heavy atom. The van der Waals surface area contributed by atoms with Crippen molar-refractivity contribution in [3.63, 3.8) is 0 Å². The van der Waals surface area contributed by atoms with E-state index in [9.17, 15) is 31.5 Å². The molecule has 1 rings (SSSR count). The predicted octanol–water partition coefficient (Wildman–Crippen LogP) is 2.70. The molecule has 0 saturated carbocycles. The van der Waals surface area contributed by atoms with Crippen LogP contribution in [0.2, 0.25) is 0 Å². The van der Waals surface area contributed by atoms with Gasteiger partial charge in [-0.1, -0.05) is 18.2 Å². The van der Waals surface area contributed by atoms with Crippen LogP contribution in [-0.4, -0.2) is 43.7 Å². The van der Waals surface area contributed by atoms with Crippen LogP contribution in [0.5, 0.6) is 5.75 Å². The molecule has 1 unspecified atom stereocenters. The fraction of sp³-hybridized carbons (Fsp3) is 0.467. The maximum absolute atomic E-state index is 13.0. The van der Waals surface area contributed by atoms with Crippen molar-refractivity contribution in [2.45, 2.75) is 31.0 Å². The Kier molecular flexibility index (Phi) is 7.13. The van der Waals surface area contributed by atoms with Gasteiger partial charge in [0.15, 0.2) is 6.61 Å². The molecule has 10 heteroatoms. The molecule has 0 aliphatic carbocycles. The number of ether oxygens (including phenoxy) is 2.